The Morgan fingerprint density at radius 3 is 2.24 bits per heavy atom. The third-order valence-electron chi connectivity index (χ3n) is 7.62. The summed E-state index contributed by atoms with van der Waals surface area (Å²) in [5, 5.41) is 4.26. The van der Waals surface area contributed by atoms with Crippen LogP contribution in [0.5, 0.6) is 0 Å². The van der Waals surface area contributed by atoms with Crippen LogP contribution in [0.4, 0.5) is 0 Å². The van der Waals surface area contributed by atoms with Crippen molar-refractivity contribution in [2.45, 2.75) is 44.9 Å². The molecule has 1 amide bonds. The second kappa shape index (κ2) is 7.32. The molecule has 4 aliphatic carbocycles. The molecule has 4 fully saturated rings. The molecule has 0 saturated heterocycles. The van der Waals surface area contributed by atoms with Crippen molar-refractivity contribution in [3.8, 4) is 0 Å². The number of aryl methyl sites for hydroxylation is 1. The maximum absolute atomic E-state index is 12.9. The van der Waals surface area contributed by atoms with Crippen LogP contribution in [0.3, 0.4) is 0 Å². The fourth-order valence-electron chi connectivity index (χ4n) is 6.91. The molecule has 1 N–H and O–H groups in total. The van der Waals surface area contributed by atoms with Crippen LogP contribution in [-0.2, 0) is 0 Å². The normalized spacial score (nSPS) is 32.4. The smallest absolute Gasteiger partial charge is 0.251 e. The van der Waals surface area contributed by atoms with E-state index in [0.717, 1.165) is 24.3 Å². The van der Waals surface area contributed by atoms with Gasteiger partial charge in [0.15, 0.2) is 0 Å². The molecule has 29 heavy (non-hydrogen) atoms. The highest BCUT2D eigenvalue weighted by atomic mass is 35.5. The van der Waals surface area contributed by atoms with Crippen LogP contribution in [0.2, 0.25) is 10.0 Å². The van der Waals surface area contributed by atoms with Crippen LogP contribution < -0.4 is 5.32 Å². The second-order valence-electron chi connectivity index (χ2n) is 9.70. The van der Waals surface area contributed by atoms with Crippen LogP contribution in [0, 0.1) is 30.1 Å². The first kappa shape index (κ1) is 19.5. The van der Waals surface area contributed by atoms with Crippen LogP contribution in [0.15, 0.2) is 42.5 Å². The number of hydrogen-bond donors (Lipinski definition) is 1. The molecule has 2 unspecified atom stereocenters. The van der Waals surface area contributed by atoms with Crippen molar-refractivity contribution in [3.63, 3.8) is 0 Å². The van der Waals surface area contributed by atoms with Crippen molar-refractivity contribution in [2.24, 2.45) is 23.2 Å². The van der Waals surface area contributed by atoms with E-state index >= 15 is 0 Å². The van der Waals surface area contributed by atoms with Crippen molar-refractivity contribution in [2.75, 3.05) is 6.54 Å². The highest BCUT2D eigenvalue weighted by Crippen LogP contribution is 2.65. The number of benzene rings is 2. The summed E-state index contributed by atoms with van der Waals surface area (Å²) < 4.78 is 0. The Morgan fingerprint density at radius 1 is 1.00 bits per heavy atom. The summed E-state index contributed by atoms with van der Waals surface area (Å²) in [6.45, 7) is 2.88. The van der Waals surface area contributed by atoms with Gasteiger partial charge in [-0.25, -0.2) is 0 Å². The highest BCUT2D eigenvalue weighted by Gasteiger charge is 2.57. The second-order valence-corrected chi connectivity index (χ2v) is 10.6. The molecule has 2 nitrogen and oxygen atoms in total. The van der Waals surface area contributed by atoms with Crippen molar-refractivity contribution in [3.05, 3.63) is 69.2 Å². The minimum atomic E-state index is -0.0761. The molecule has 2 aromatic carbocycles. The Kier molecular flexibility index (Phi) is 4.91. The van der Waals surface area contributed by atoms with Crippen LogP contribution in [0.1, 0.15) is 59.5 Å². The largest absolute Gasteiger partial charge is 0.351 e. The quantitative estimate of drug-likeness (QED) is 0.581. The van der Waals surface area contributed by atoms with Crippen molar-refractivity contribution < 1.29 is 4.79 Å². The average molecular weight is 428 g/mol. The van der Waals surface area contributed by atoms with Gasteiger partial charge in [-0.2, -0.15) is 0 Å². The van der Waals surface area contributed by atoms with Gasteiger partial charge in [0, 0.05) is 22.2 Å². The topological polar surface area (TPSA) is 29.1 Å². The van der Waals surface area contributed by atoms with E-state index in [1.807, 2.05) is 0 Å². The lowest BCUT2D eigenvalue weighted by Gasteiger charge is -2.61. The van der Waals surface area contributed by atoms with Crippen LogP contribution >= 0.6 is 23.2 Å². The molecule has 4 bridgehead atoms. The first-order chi connectivity index (χ1) is 13.9. The van der Waals surface area contributed by atoms with Crippen molar-refractivity contribution >= 4 is 29.1 Å². The lowest BCUT2D eigenvalue weighted by atomic mass is 9.44. The third kappa shape index (κ3) is 3.59. The molecule has 6 rings (SSSR count). The molecule has 0 aromatic heterocycles. The first-order valence-electron chi connectivity index (χ1n) is 10.7. The Balaban J connectivity index is 1.42. The van der Waals surface area contributed by atoms with Gasteiger partial charge in [-0.1, -0.05) is 53.0 Å². The van der Waals surface area contributed by atoms with Crippen LogP contribution in [-0.4, -0.2) is 12.5 Å². The molecule has 152 valence electrons. The summed E-state index contributed by atoms with van der Waals surface area (Å²) in [5.41, 5.74) is 3.47. The van der Waals surface area contributed by atoms with Gasteiger partial charge < -0.3 is 5.32 Å². The molecule has 0 aliphatic heterocycles. The number of halogens is 2. The molecule has 5 atom stereocenters. The summed E-state index contributed by atoms with van der Waals surface area (Å²) in [7, 11) is 0. The predicted molar refractivity (Wildman–Crippen MR) is 119 cm³/mol. The van der Waals surface area contributed by atoms with E-state index in [2.05, 4.69) is 36.5 Å². The predicted octanol–water partition coefficient (Wildman–Crippen LogP) is 6.64. The van der Waals surface area contributed by atoms with Gasteiger partial charge in [-0.15, -0.1) is 0 Å². The number of carbonyl (C=O) groups is 1. The Hall–Kier alpha value is -1.51. The maximum Gasteiger partial charge on any atom is 0.251 e. The van der Waals surface area contributed by atoms with E-state index in [0.29, 0.717) is 21.5 Å². The third-order valence-corrected chi connectivity index (χ3v) is 8.06. The van der Waals surface area contributed by atoms with E-state index in [9.17, 15) is 4.79 Å². The SMILES string of the molecule is Cc1ccc([C@H]2C3C[C@@H]4C[C@H](C3)CC2(CNC(=O)c2cc(Cl)cc(Cl)c2)C4)cc1. The van der Waals surface area contributed by atoms with Gasteiger partial charge in [0.05, 0.1) is 0 Å². The number of carbonyl (C=O) groups excluding carboxylic acids is 1. The zero-order valence-electron chi connectivity index (χ0n) is 16.8. The number of hydrogen-bond acceptors (Lipinski definition) is 1. The summed E-state index contributed by atoms with van der Waals surface area (Å²) in [5.74, 6) is 2.87. The van der Waals surface area contributed by atoms with E-state index < -0.39 is 0 Å². The number of rotatable bonds is 4. The van der Waals surface area contributed by atoms with Gasteiger partial charge in [0.2, 0.25) is 0 Å². The lowest BCUT2D eigenvalue weighted by Crippen LogP contribution is -2.55. The van der Waals surface area contributed by atoms with E-state index in [4.69, 9.17) is 23.2 Å². The zero-order chi connectivity index (χ0) is 20.2. The molecule has 2 aromatic rings. The summed E-state index contributed by atoms with van der Waals surface area (Å²) in [6, 6.07) is 14.2. The molecular formula is C25H27Cl2NO. The number of nitrogens with one attached hydrogen (secondary N) is 1. The summed E-state index contributed by atoms with van der Waals surface area (Å²) in [6.07, 6.45) is 6.56. The van der Waals surface area contributed by atoms with E-state index in [1.165, 1.54) is 43.2 Å². The highest BCUT2D eigenvalue weighted by molar-refractivity contribution is 6.35. The zero-order valence-corrected chi connectivity index (χ0v) is 18.3. The molecule has 0 spiro atoms. The van der Waals surface area contributed by atoms with Gasteiger partial charge in [0.1, 0.15) is 0 Å². The van der Waals surface area contributed by atoms with Gasteiger partial charge in [-0.3, -0.25) is 4.79 Å². The van der Waals surface area contributed by atoms with E-state index in [1.54, 1.807) is 18.2 Å². The minimum Gasteiger partial charge on any atom is -0.351 e. The Bertz CT molecular complexity index is 904. The van der Waals surface area contributed by atoms with Gasteiger partial charge >= 0.3 is 0 Å². The summed E-state index contributed by atoms with van der Waals surface area (Å²) in [4.78, 5) is 12.9. The molecular weight excluding hydrogens is 401 g/mol. The van der Waals surface area contributed by atoms with Gasteiger partial charge in [-0.05, 0) is 91.9 Å². The fraction of sp³-hybridized carbons (Fsp3) is 0.480. The fourth-order valence-corrected chi connectivity index (χ4v) is 7.43. The monoisotopic (exact) mass is 427 g/mol. The molecule has 4 saturated carbocycles. The van der Waals surface area contributed by atoms with Gasteiger partial charge in [0.25, 0.3) is 5.91 Å². The minimum absolute atomic E-state index is 0.0761. The van der Waals surface area contributed by atoms with Crippen molar-refractivity contribution in [1.82, 2.24) is 5.32 Å². The Labute approximate surface area is 183 Å². The van der Waals surface area contributed by atoms with Crippen molar-refractivity contribution in [1.29, 1.82) is 0 Å². The molecule has 4 heteroatoms. The molecule has 0 heterocycles. The molecule has 4 aliphatic rings. The standard InChI is InChI=1S/C25H27Cl2NO/c1-15-2-4-18(5-3-15)23-19-7-16-6-17(8-19)13-25(23,12-16)14-28-24(29)20-9-21(26)11-22(27)10-20/h2-5,9-11,16-17,19,23H,6-8,12-14H2,1H3,(H,28,29)/t16-,17+,19?,23-,25?/m0/s1. The lowest BCUT2D eigenvalue weighted by molar-refractivity contribution is -0.0731. The maximum atomic E-state index is 12.9. The Morgan fingerprint density at radius 2 is 1.62 bits per heavy atom. The average Bonchev–Trinajstić information content (AvgIpc) is 2.66. The first-order valence-corrected chi connectivity index (χ1v) is 11.5. The summed E-state index contributed by atoms with van der Waals surface area (Å²) >= 11 is 12.2. The number of amides is 1. The molecule has 0 radical (unpaired) electrons. The van der Waals surface area contributed by atoms with E-state index in [-0.39, 0.29) is 11.3 Å². The van der Waals surface area contributed by atoms with Crippen LogP contribution in [0.25, 0.3) is 0 Å².